The number of halogens is 2. The number of benzene rings is 2. The molecule has 0 radical (unpaired) electrons. The first kappa shape index (κ1) is 23.0. The van der Waals surface area contributed by atoms with Crippen LogP contribution in [0.4, 0.5) is 4.39 Å². The van der Waals surface area contributed by atoms with E-state index < -0.39 is 21.8 Å². The van der Waals surface area contributed by atoms with Gasteiger partial charge in [0, 0.05) is 29.7 Å². The SMILES string of the molecule is Cc1ccc(OCC(O)CN(Cc2c(F)cccc2Cl)C2CCS(=O)(=O)C2)cc1C. The van der Waals surface area contributed by atoms with E-state index in [4.69, 9.17) is 16.3 Å². The average molecular weight is 456 g/mol. The molecule has 0 amide bonds. The van der Waals surface area contributed by atoms with E-state index in [0.717, 1.165) is 11.1 Å². The normalized spacial score (nSPS) is 19.2. The van der Waals surface area contributed by atoms with Gasteiger partial charge in [0.2, 0.25) is 0 Å². The second-order valence-electron chi connectivity index (χ2n) is 7.90. The van der Waals surface area contributed by atoms with Crippen molar-refractivity contribution < 1.29 is 22.7 Å². The van der Waals surface area contributed by atoms with Crippen LogP contribution in [-0.2, 0) is 16.4 Å². The van der Waals surface area contributed by atoms with E-state index in [1.807, 2.05) is 32.0 Å². The summed E-state index contributed by atoms with van der Waals surface area (Å²) in [4.78, 5) is 1.79. The van der Waals surface area contributed by atoms with E-state index in [1.165, 1.54) is 12.1 Å². The van der Waals surface area contributed by atoms with Crippen molar-refractivity contribution in [2.45, 2.75) is 39.0 Å². The van der Waals surface area contributed by atoms with Crippen molar-refractivity contribution in [1.29, 1.82) is 0 Å². The van der Waals surface area contributed by atoms with Crippen LogP contribution >= 0.6 is 11.6 Å². The van der Waals surface area contributed by atoms with Crippen molar-refractivity contribution in [3.63, 3.8) is 0 Å². The van der Waals surface area contributed by atoms with Gasteiger partial charge in [0.15, 0.2) is 9.84 Å². The number of hydrogen-bond acceptors (Lipinski definition) is 5. The summed E-state index contributed by atoms with van der Waals surface area (Å²) in [6.45, 7) is 4.31. The van der Waals surface area contributed by atoms with Crippen molar-refractivity contribution in [3.8, 4) is 5.75 Å². The maximum atomic E-state index is 14.3. The number of ether oxygens (including phenoxy) is 1. The van der Waals surface area contributed by atoms with Gasteiger partial charge in [-0.2, -0.15) is 0 Å². The highest BCUT2D eigenvalue weighted by molar-refractivity contribution is 7.91. The molecule has 2 aromatic carbocycles. The second-order valence-corrected chi connectivity index (χ2v) is 10.5. The van der Waals surface area contributed by atoms with E-state index in [-0.39, 0.29) is 42.3 Å². The fourth-order valence-corrected chi connectivity index (χ4v) is 5.60. The summed E-state index contributed by atoms with van der Waals surface area (Å²) in [5.41, 5.74) is 2.54. The zero-order valence-corrected chi connectivity index (χ0v) is 18.7. The lowest BCUT2D eigenvalue weighted by molar-refractivity contribution is 0.0520. The van der Waals surface area contributed by atoms with Crippen molar-refractivity contribution in [1.82, 2.24) is 4.90 Å². The highest BCUT2D eigenvalue weighted by Gasteiger charge is 2.33. The van der Waals surface area contributed by atoms with E-state index in [2.05, 4.69) is 0 Å². The Hall–Kier alpha value is -1.67. The van der Waals surface area contributed by atoms with Crippen molar-refractivity contribution >= 4 is 21.4 Å². The number of sulfone groups is 1. The van der Waals surface area contributed by atoms with Gasteiger partial charge in [0.1, 0.15) is 24.3 Å². The zero-order valence-electron chi connectivity index (χ0n) is 17.1. The van der Waals surface area contributed by atoms with Crippen LogP contribution in [0.15, 0.2) is 36.4 Å². The van der Waals surface area contributed by atoms with Gasteiger partial charge in [0.25, 0.3) is 0 Å². The molecule has 3 rings (SSSR count). The van der Waals surface area contributed by atoms with Gasteiger partial charge < -0.3 is 9.84 Å². The molecule has 164 valence electrons. The Morgan fingerprint density at radius 1 is 1.27 bits per heavy atom. The van der Waals surface area contributed by atoms with Crippen LogP contribution in [0.25, 0.3) is 0 Å². The standard InChI is InChI=1S/C22H27ClFNO4S/c1-15-6-7-19(10-16(15)2)29-13-18(26)11-25(17-8-9-30(27,28)14-17)12-20-21(23)4-3-5-22(20)24/h3-7,10,17-18,26H,8-9,11-14H2,1-2H3. The van der Waals surface area contributed by atoms with Crippen LogP contribution in [0, 0.1) is 19.7 Å². The first-order valence-electron chi connectivity index (χ1n) is 9.90. The molecule has 8 heteroatoms. The van der Waals surface area contributed by atoms with E-state index in [0.29, 0.717) is 17.7 Å². The Kier molecular flexibility index (Phi) is 7.39. The van der Waals surface area contributed by atoms with Crippen molar-refractivity contribution in [2.24, 2.45) is 0 Å². The molecular weight excluding hydrogens is 429 g/mol. The molecular formula is C22H27ClFNO4S. The fourth-order valence-electron chi connectivity index (χ4n) is 3.61. The molecule has 1 saturated heterocycles. The Morgan fingerprint density at radius 2 is 2.03 bits per heavy atom. The molecule has 30 heavy (non-hydrogen) atoms. The summed E-state index contributed by atoms with van der Waals surface area (Å²) in [5, 5.41) is 10.8. The monoisotopic (exact) mass is 455 g/mol. The minimum Gasteiger partial charge on any atom is -0.491 e. The summed E-state index contributed by atoms with van der Waals surface area (Å²) in [6, 6.07) is 9.84. The Morgan fingerprint density at radius 3 is 2.67 bits per heavy atom. The molecule has 2 atom stereocenters. The molecule has 0 saturated carbocycles. The number of aliphatic hydroxyl groups excluding tert-OH is 1. The number of nitrogens with zero attached hydrogens (tertiary/aromatic N) is 1. The lowest BCUT2D eigenvalue weighted by Crippen LogP contribution is -2.42. The first-order chi connectivity index (χ1) is 14.1. The molecule has 0 bridgehead atoms. The minimum atomic E-state index is -3.13. The molecule has 1 N–H and O–H groups in total. The quantitative estimate of drug-likeness (QED) is 0.659. The predicted octanol–water partition coefficient (Wildman–Crippen LogP) is 3.52. The van der Waals surface area contributed by atoms with Crippen LogP contribution in [0.3, 0.4) is 0 Å². The molecule has 1 aliphatic rings. The van der Waals surface area contributed by atoms with Crippen molar-refractivity contribution in [3.05, 3.63) is 63.9 Å². The Balaban J connectivity index is 1.70. The fraction of sp³-hybridized carbons (Fsp3) is 0.455. The highest BCUT2D eigenvalue weighted by Crippen LogP contribution is 2.25. The third kappa shape index (κ3) is 5.94. The number of aliphatic hydroxyl groups is 1. The van der Waals surface area contributed by atoms with E-state index >= 15 is 0 Å². The summed E-state index contributed by atoms with van der Waals surface area (Å²) in [6.07, 6.45) is -0.431. The molecule has 1 heterocycles. The predicted molar refractivity (Wildman–Crippen MR) is 116 cm³/mol. The van der Waals surface area contributed by atoms with Gasteiger partial charge in [-0.3, -0.25) is 4.90 Å². The second kappa shape index (κ2) is 9.64. The lowest BCUT2D eigenvalue weighted by Gasteiger charge is -2.30. The average Bonchev–Trinajstić information content (AvgIpc) is 3.04. The molecule has 0 spiro atoms. The zero-order chi connectivity index (χ0) is 21.9. The Labute approximate surface area is 182 Å². The van der Waals surface area contributed by atoms with Crippen LogP contribution < -0.4 is 4.74 Å². The third-order valence-electron chi connectivity index (χ3n) is 5.51. The molecule has 1 fully saturated rings. The van der Waals surface area contributed by atoms with Crippen LogP contribution in [0.2, 0.25) is 5.02 Å². The van der Waals surface area contributed by atoms with Crippen LogP contribution in [-0.4, -0.2) is 55.2 Å². The topological polar surface area (TPSA) is 66.8 Å². The van der Waals surface area contributed by atoms with Crippen LogP contribution in [0.1, 0.15) is 23.1 Å². The van der Waals surface area contributed by atoms with E-state index in [1.54, 1.807) is 11.0 Å². The van der Waals surface area contributed by atoms with E-state index in [9.17, 15) is 17.9 Å². The maximum Gasteiger partial charge on any atom is 0.151 e. The molecule has 0 aromatic heterocycles. The minimum absolute atomic E-state index is 0.0101. The Bertz CT molecular complexity index is 978. The molecule has 2 unspecified atom stereocenters. The van der Waals surface area contributed by atoms with Gasteiger partial charge in [0.05, 0.1) is 11.5 Å². The smallest absolute Gasteiger partial charge is 0.151 e. The molecule has 2 aromatic rings. The van der Waals surface area contributed by atoms with Crippen LogP contribution in [0.5, 0.6) is 5.75 Å². The molecule has 5 nitrogen and oxygen atoms in total. The summed E-state index contributed by atoms with van der Waals surface area (Å²) >= 11 is 6.17. The summed E-state index contributed by atoms with van der Waals surface area (Å²) < 4.78 is 44.0. The van der Waals surface area contributed by atoms with Gasteiger partial charge in [-0.15, -0.1) is 0 Å². The lowest BCUT2D eigenvalue weighted by atomic mass is 10.1. The van der Waals surface area contributed by atoms with Gasteiger partial charge in [-0.1, -0.05) is 23.7 Å². The highest BCUT2D eigenvalue weighted by atomic mass is 35.5. The number of rotatable bonds is 8. The van der Waals surface area contributed by atoms with Gasteiger partial charge in [-0.05, 0) is 55.7 Å². The summed E-state index contributed by atoms with van der Waals surface area (Å²) in [7, 11) is -3.13. The number of aryl methyl sites for hydroxylation is 2. The molecule has 0 aliphatic carbocycles. The van der Waals surface area contributed by atoms with Gasteiger partial charge in [-0.25, -0.2) is 12.8 Å². The molecule has 1 aliphatic heterocycles. The largest absolute Gasteiger partial charge is 0.491 e. The van der Waals surface area contributed by atoms with Gasteiger partial charge >= 0.3 is 0 Å². The third-order valence-corrected chi connectivity index (χ3v) is 7.62. The van der Waals surface area contributed by atoms with Crippen molar-refractivity contribution in [2.75, 3.05) is 24.7 Å². The maximum absolute atomic E-state index is 14.3. The number of hydrogen-bond donors (Lipinski definition) is 1. The summed E-state index contributed by atoms with van der Waals surface area (Å²) in [5.74, 6) is 0.289. The first-order valence-corrected chi connectivity index (χ1v) is 12.1.